The highest BCUT2D eigenvalue weighted by Gasteiger charge is 2.20. The van der Waals surface area contributed by atoms with Crippen molar-refractivity contribution in [2.75, 3.05) is 4.90 Å². The van der Waals surface area contributed by atoms with Gasteiger partial charge in [0.15, 0.2) is 0 Å². The molecule has 1 aliphatic rings. The first kappa shape index (κ1) is 18.3. The Balaban J connectivity index is 0.00000192. The van der Waals surface area contributed by atoms with Crippen molar-refractivity contribution in [3.05, 3.63) is 66.2 Å². The largest absolute Gasteiger partial charge is 0.364 e. The summed E-state index contributed by atoms with van der Waals surface area (Å²) in [6.07, 6.45) is 9.67. The molecule has 0 atom stereocenters. The van der Waals surface area contributed by atoms with E-state index in [9.17, 15) is 0 Å². The van der Waals surface area contributed by atoms with Gasteiger partial charge >= 0.3 is 0 Å². The van der Waals surface area contributed by atoms with Gasteiger partial charge in [0.1, 0.15) is 0 Å². The van der Waals surface area contributed by atoms with E-state index >= 15 is 0 Å². The molecule has 0 aromatic heterocycles. The lowest BCUT2D eigenvalue weighted by atomic mass is 9.94. The molecule has 2 aromatic carbocycles. The van der Waals surface area contributed by atoms with Crippen molar-refractivity contribution < 1.29 is 0 Å². The number of nitrogens with zero attached hydrogens (tertiary/aromatic N) is 1. The maximum atomic E-state index is 2.64. The molecular formula is C21H28IN. The van der Waals surface area contributed by atoms with Crippen molar-refractivity contribution in [2.45, 2.75) is 57.5 Å². The van der Waals surface area contributed by atoms with Gasteiger partial charge in [0.05, 0.1) is 0 Å². The second kappa shape index (κ2) is 9.96. The minimum atomic E-state index is 0. The van der Waals surface area contributed by atoms with Crippen LogP contribution in [0.15, 0.2) is 60.7 Å². The van der Waals surface area contributed by atoms with E-state index in [1.54, 1.807) is 0 Å². The third kappa shape index (κ3) is 5.52. The molecule has 0 bridgehead atoms. The predicted molar refractivity (Wildman–Crippen MR) is 111 cm³/mol. The fourth-order valence-corrected chi connectivity index (χ4v) is 3.58. The van der Waals surface area contributed by atoms with Gasteiger partial charge in [-0.05, 0) is 30.5 Å². The molecule has 0 unspecified atom stereocenters. The van der Waals surface area contributed by atoms with Gasteiger partial charge in [-0.1, -0.05) is 80.6 Å². The topological polar surface area (TPSA) is 3.24 Å². The zero-order chi connectivity index (χ0) is 15.0. The molecule has 124 valence electrons. The van der Waals surface area contributed by atoms with Crippen LogP contribution in [-0.2, 0) is 6.54 Å². The fourth-order valence-electron chi connectivity index (χ4n) is 3.58. The first-order valence-corrected chi connectivity index (χ1v) is 8.79. The highest BCUT2D eigenvalue weighted by molar-refractivity contribution is 14.0. The summed E-state index contributed by atoms with van der Waals surface area (Å²) >= 11 is 0. The van der Waals surface area contributed by atoms with Crippen LogP contribution >= 0.6 is 24.0 Å². The Bertz CT molecular complexity index is 532. The van der Waals surface area contributed by atoms with Crippen LogP contribution in [-0.4, -0.2) is 6.04 Å². The zero-order valence-corrected chi connectivity index (χ0v) is 16.2. The lowest BCUT2D eigenvalue weighted by molar-refractivity contribution is 0.427. The van der Waals surface area contributed by atoms with Crippen LogP contribution in [0.5, 0.6) is 0 Å². The first-order valence-electron chi connectivity index (χ1n) is 8.79. The summed E-state index contributed by atoms with van der Waals surface area (Å²) in [5.41, 5.74) is 2.78. The molecule has 0 spiro atoms. The minimum absolute atomic E-state index is 0. The highest BCUT2D eigenvalue weighted by Crippen LogP contribution is 2.27. The van der Waals surface area contributed by atoms with Crippen LogP contribution in [0.25, 0.3) is 0 Å². The summed E-state index contributed by atoms with van der Waals surface area (Å²) in [6.45, 7) is 1.02. The SMILES string of the molecule is I.c1ccc(CN(c2ccccc2)C2CCCCCCC2)cc1. The van der Waals surface area contributed by atoms with Crippen molar-refractivity contribution in [2.24, 2.45) is 0 Å². The monoisotopic (exact) mass is 421 g/mol. The summed E-state index contributed by atoms with van der Waals surface area (Å²) in [5, 5.41) is 0. The maximum Gasteiger partial charge on any atom is 0.0432 e. The average Bonchev–Trinajstić information content (AvgIpc) is 2.55. The van der Waals surface area contributed by atoms with Gasteiger partial charge in [-0.15, -0.1) is 24.0 Å². The maximum absolute atomic E-state index is 2.64. The third-order valence-electron chi connectivity index (χ3n) is 4.80. The van der Waals surface area contributed by atoms with Crippen molar-refractivity contribution in [1.82, 2.24) is 0 Å². The highest BCUT2D eigenvalue weighted by atomic mass is 127. The van der Waals surface area contributed by atoms with E-state index in [2.05, 4.69) is 65.6 Å². The van der Waals surface area contributed by atoms with Gasteiger partial charge in [-0.25, -0.2) is 0 Å². The minimum Gasteiger partial charge on any atom is -0.364 e. The van der Waals surface area contributed by atoms with E-state index in [1.807, 2.05) is 0 Å². The summed E-state index contributed by atoms with van der Waals surface area (Å²) in [6, 6.07) is 22.6. The number of halogens is 1. The Hall–Kier alpha value is -1.03. The quantitative estimate of drug-likeness (QED) is 0.515. The molecule has 3 rings (SSSR count). The van der Waals surface area contributed by atoms with Crippen molar-refractivity contribution in [1.29, 1.82) is 0 Å². The van der Waals surface area contributed by atoms with Crippen molar-refractivity contribution >= 4 is 29.7 Å². The van der Waals surface area contributed by atoms with Crippen LogP contribution in [0.3, 0.4) is 0 Å². The third-order valence-corrected chi connectivity index (χ3v) is 4.80. The molecule has 1 fully saturated rings. The second-order valence-corrected chi connectivity index (χ2v) is 6.45. The number of hydrogen-bond donors (Lipinski definition) is 0. The molecule has 2 heteroatoms. The molecule has 1 aliphatic carbocycles. The molecule has 0 aliphatic heterocycles. The molecule has 1 nitrogen and oxygen atoms in total. The van der Waals surface area contributed by atoms with Gasteiger partial charge in [-0.2, -0.15) is 0 Å². The molecule has 0 N–H and O–H groups in total. The molecule has 1 saturated carbocycles. The number of benzene rings is 2. The van der Waals surface area contributed by atoms with Gasteiger partial charge in [-0.3, -0.25) is 0 Å². The Kier molecular flexibility index (Phi) is 7.93. The average molecular weight is 421 g/mol. The van der Waals surface area contributed by atoms with Crippen LogP contribution in [0, 0.1) is 0 Å². The van der Waals surface area contributed by atoms with Gasteiger partial charge in [0.25, 0.3) is 0 Å². The summed E-state index contributed by atoms with van der Waals surface area (Å²) in [7, 11) is 0. The van der Waals surface area contributed by atoms with E-state index in [-0.39, 0.29) is 24.0 Å². The molecule has 0 saturated heterocycles. The summed E-state index contributed by atoms with van der Waals surface area (Å²) in [4.78, 5) is 2.64. The van der Waals surface area contributed by atoms with E-state index in [0.717, 1.165) is 6.54 Å². The number of anilines is 1. The second-order valence-electron chi connectivity index (χ2n) is 6.45. The summed E-state index contributed by atoms with van der Waals surface area (Å²) < 4.78 is 0. The molecule has 0 amide bonds. The van der Waals surface area contributed by atoms with Crippen molar-refractivity contribution in [3.8, 4) is 0 Å². The van der Waals surface area contributed by atoms with E-state index in [0.29, 0.717) is 6.04 Å². The molecule has 0 radical (unpaired) electrons. The van der Waals surface area contributed by atoms with Gasteiger partial charge in [0, 0.05) is 18.3 Å². The van der Waals surface area contributed by atoms with E-state index < -0.39 is 0 Å². The Morgan fingerprint density at radius 3 is 1.83 bits per heavy atom. The smallest absolute Gasteiger partial charge is 0.0432 e. The first-order chi connectivity index (χ1) is 10.9. The fraction of sp³-hybridized carbons (Fsp3) is 0.429. The van der Waals surface area contributed by atoms with E-state index in [4.69, 9.17) is 0 Å². The van der Waals surface area contributed by atoms with Crippen LogP contribution in [0.2, 0.25) is 0 Å². The molecular weight excluding hydrogens is 393 g/mol. The Labute approximate surface area is 158 Å². The van der Waals surface area contributed by atoms with Crippen LogP contribution in [0.4, 0.5) is 5.69 Å². The zero-order valence-electron chi connectivity index (χ0n) is 13.9. The van der Waals surface area contributed by atoms with Gasteiger partial charge in [0.2, 0.25) is 0 Å². The number of hydrogen-bond acceptors (Lipinski definition) is 1. The molecule has 23 heavy (non-hydrogen) atoms. The van der Waals surface area contributed by atoms with Crippen LogP contribution in [0.1, 0.15) is 50.5 Å². The van der Waals surface area contributed by atoms with Crippen LogP contribution < -0.4 is 4.90 Å². The number of rotatable bonds is 4. The molecule has 2 aromatic rings. The molecule has 0 heterocycles. The standard InChI is InChI=1S/C21H27N.HI/c1-2-8-14-20(15-9-3-1)22(21-16-10-5-11-17-21)18-19-12-6-4-7-13-19;/h4-7,10-13,16-17,20H,1-3,8-9,14-15,18H2;1H. The lowest BCUT2D eigenvalue weighted by Crippen LogP contribution is -2.35. The number of para-hydroxylation sites is 1. The normalized spacial score (nSPS) is 16.0. The Morgan fingerprint density at radius 1 is 0.696 bits per heavy atom. The lowest BCUT2D eigenvalue weighted by Gasteiger charge is -2.35. The summed E-state index contributed by atoms with van der Waals surface area (Å²) in [5.74, 6) is 0. The van der Waals surface area contributed by atoms with Gasteiger partial charge < -0.3 is 4.90 Å². The van der Waals surface area contributed by atoms with Crippen molar-refractivity contribution in [3.63, 3.8) is 0 Å². The Morgan fingerprint density at radius 2 is 1.22 bits per heavy atom. The predicted octanol–water partition coefficient (Wildman–Crippen LogP) is 6.42. The van der Waals surface area contributed by atoms with E-state index in [1.165, 1.54) is 56.2 Å².